The predicted octanol–water partition coefficient (Wildman–Crippen LogP) is 4.77. The van der Waals surface area contributed by atoms with E-state index in [0.717, 1.165) is 16.9 Å². The van der Waals surface area contributed by atoms with Crippen LogP contribution in [-0.2, 0) is 6.54 Å². The highest BCUT2D eigenvalue weighted by Crippen LogP contribution is 2.25. The van der Waals surface area contributed by atoms with Crippen LogP contribution in [0.4, 0.5) is 0 Å². The lowest BCUT2D eigenvalue weighted by atomic mass is 10.1. The Bertz CT molecular complexity index is 1110. The van der Waals surface area contributed by atoms with Crippen molar-refractivity contribution in [3.05, 3.63) is 95.8 Å². The summed E-state index contributed by atoms with van der Waals surface area (Å²) in [6.45, 7) is 2.11. The third kappa shape index (κ3) is 4.50. The van der Waals surface area contributed by atoms with Crippen LogP contribution >= 0.6 is 0 Å². The number of hydrogen-bond donors (Lipinski definition) is 1. The Labute approximate surface area is 168 Å². The maximum absolute atomic E-state index is 12.5. The highest BCUT2D eigenvalue weighted by atomic mass is 16.5. The fourth-order valence-electron chi connectivity index (χ4n) is 2.82. The van der Waals surface area contributed by atoms with Crippen molar-refractivity contribution >= 4 is 5.91 Å². The van der Waals surface area contributed by atoms with Gasteiger partial charge in [-0.1, -0.05) is 41.6 Å². The summed E-state index contributed by atoms with van der Waals surface area (Å²) in [7, 11) is 0. The van der Waals surface area contributed by atoms with Crippen LogP contribution in [0.1, 0.15) is 21.7 Å². The molecule has 0 saturated carbocycles. The molecule has 0 unspecified atom stereocenters. The van der Waals surface area contributed by atoms with Crippen molar-refractivity contribution in [2.75, 3.05) is 0 Å². The first-order valence-electron chi connectivity index (χ1n) is 9.19. The minimum Gasteiger partial charge on any atom is -0.457 e. The molecular formula is C23H19N3O3. The largest absolute Gasteiger partial charge is 0.457 e. The van der Waals surface area contributed by atoms with Crippen molar-refractivity contribution in [2.45, 2.75) is 13.5 Å². The minimum absolute atomic E-state index is 0.173. The highest BCUT2D eigenvalue weighted by molar-refractivity contribution is 5.94. The van der Waals surface area contributed by atoms with E-state index >= 15 is 0 Å². The van der Waals surface area contributed by atoms with Gasteiger partial charge in [-0.3, -0.25) is 4.79 Å². The van der Waals surface area contributed by atoms with Crippen molar-refractivity contribution in [1.82, 2.24) is 15.5 Å². The van der Waals surface area contributed by atoms with Gasteiger partial charge in [0.2, 0.25) is 0 Å². The van der Waals surface area contributed by atoms with Gasteiger partial charge >= 0.3 is 0 Å². The molecule has 1 heterocycles. The lowest BCUT2D eigenvalue weighted by Gasteiger charge is -2.12. The van der Waals surface area contributed by atoms with E-state index in [4.69, 9.17) is 9.26 Å². The van der Waals surface area contributed by atoms with Crippen molar-refractivity contribution in [3.8, 4) is 23.0 Å². The quantitative estimate of drug-likeness (QED) is 0.517. The number of benzene rings is 3. The first-order valence-corrected chi connectivity index (χ1v) is 9.19. The lowest BCUT2D eigenvalue weighted by Crippen LogP contribution is -2.22. The fraction of sp³-hybridized carbons (Fsp3) is 0.0870. The van der Waals surface area contributed by atoms with E-state index in [1.807, 2.05) is 54.6 Å². The Morgan fingerprint density at radius 2 is 1.69 bits per heavy atom. The van der Waals surface area contributed by atoms with Crippen LogP contribution in [-0.4, -0.2) is 16.0 Å². The Kier molecular flexibility index (Phi) is 5.33. The van der Waals surface area contributed by atoms with Crippen molar-refractivity contribution in [2.24, 2.45) is 0 Å². The number of nitrogens with zero attached hydrogens (tertiary/aromatic N) is 2. The average molecular weight is 385 g/mol. The molecule has 0 aliphatic carbocycles. The van der Waals surface area contributed by atoms with Crippen LogP contribution in [0.15, 0.2) is 83.4 Å². The average Bonchev–Trinajstić information content (AvgIpc) is 3.20. The zero-order valence-electron chi connectivity index (χ0n) is 15.8. The number of nitrogens with one attached hydrogen (secondary N) is 1. The van der Waals surface area contributed by atoms with Crippen LogP contribution in [0.2, 0.25) is 0 Å². The number of carbonyl (C=O) groups excluding carboxylic acids is 1. The van der Waals surface area contributed by atoms with Crippen LogP contribution in [0.5, 0.6) is 11.5 Å². The van der Waals surface area contributed by atoms with E-state index in [1.54, 1.807) is 31.2 Å². The molecule has 3 aromatic carbocycles. The fourth-order valence-corrected chi connectivity index (χ4v) is 2.82. The normalized spacial score (nSPS) is 10.5. The summed E-state index contributed by atoms with van der Waals surface area (Å²) in [5.74, 6) is 2.28. The molecule has 0 fully saturated rings. The smallest absolute Gasteiger partial charge is 0.257 e. The third-order valence-corrected chi connectivity index (χ3v) is 4.30. The van der Waals surface area contributed by atoms with Gasteiger partial charge in [0.1, 0.15) is 11.5 Å². The molecule has 6 heteroatoms. The number of rotatable bonds is 6. The van der Waals surface area contributed by atoms with Gasteiger partial charge in [-0.15, -0.1) is 0 Å². The second-order valence-electron chi connectivity index (χ2n) is 6.43. The molecule has 1 amide bonds. The van der Waals surface area contributed by atoms with Gasteiger partial charge in [0.05, 0.1) is 0 Å². The van der Waals surface area contributed by atoms with Gasteiger partial charge in [-0.25, -0.2) is 0 Å². The molecule has 1 aromatic heterocycles. The number of hydrogen-bond acceptors (Lipinski definition) is 5. The van der Waals surface area contributed by atoms with Gasteiger partial charge in [-0.05, 0) is 49.4 Å². The van der Waals surface area contributed by atoms with Gasteiger partial charge in [0.25, 0.3) is 11.8 Å². The Morgan fingerprint density at radius 3 is 2.41 bits per heavy atom. The molecule has 1 N–H and O–H groups in total. The topological polar surface area (TPSA) is 77.2 Å². The summed E-state index contributed by atoms with van der Waals surface area (Å²) < 4.78 is 11.1. The van der Waals surface area contributed by atoms with E-state index in [2.05, 4.69) is 15.5 Å². The van der Waals surface area contributed by atoms with E-state index in [-0.39, 0.29) is 5.91 Å². The Morgan fingerprint density at radius 1 is 0.966 bits per heavy atom. The molecule has 4 rings (SSSR count). The molecule has 0 aliphatic rings. The summed E-state index contributed by atoms with van der Waals surface area (Å²) in [4.78, 5) is 16.7. The highest BCUT2D eigenvalue weighted by Gasteiger charge is 2.11. The van der Waals surface area contributed by atoms with Gasteiger partial charge < -0.3 is 14.6 Å². The zero-order valence-corrected chi connectivity index (χ0v) is 15.8. The molecule has 144 valence electrons. The van der Waals surface area contributed by atoms with Crippen LogP contribution in [0.25, 0.3) is 11.5 Å². The molecule has 0 saturated heterocycles. The number of amides is 1. The summed E-state index contributed by atoms with van der Waals surface area (Å²) in [6.07, 6.45) is 0. The van der Waals surface area contributed by atoms with Crippen LogP contribution in [0.3, 0.4) is 0 Å². The standard InChI is InChI=1S/C23H19N3O3/c1-16-25-23(29-26-16)18-13-11-17(12-14-18)22(27)24-15-19-7-5-6-10-21(19)28-20-8-3-2-4-9-20/h2-14H,15H2,1H3,(H,24,27). The second kappa shape index (κ2) is 8.39. The number of aryl methyl sites for hydroxylation is 1. The molecule has 29 heavy (non-hydrogen) atoms. The molecule has 0 radical (unpaired) electrons. The Hall–Kier alpha value is -3.93. The van der Waals surface area contributed by atoms with Crippen LogP contribution < -0.4 is 10.1 Å². The summed E-state index contributed by atoms with van der Waals surface area (Å²) in [5, 5.41) is 6.71. The zero-order chi connectivity index (χ0) is 20.1. The molecule has 6 nitrogen and oxygen atoms in total. The SMILES string of the molecule is Cc1noc(-c2ccc(C(=O)NCc3ccccc3Oc3ccccc3)cc2)n1. The number of carbonyl (C=O) groups is 1. The van der Waals surface area contributed by atoms with E-state index in [0.29, 0.717) is 29.6 Å². The first kappa shape index (κ1) is 18.4. The van der Waals surface area contributed by atoms with Gasteiger partial charge in [0.15, 0.2) is 5.82 Å². The number of para-hydroxylation sites is 2. The van der Waals surface area contributed by atoms with E-state index in [1.165, 1.54) is 0 Å². The summed E-state index contributed by atoms with van der Waals surface area (Å²) in [5.41, 5.74) is 2.21. The molecule has 4 aromatic rings. The minimum atomic E-state index is -0.173. The van der Waals surface area contributed by atoms with Crippen LogP contribution in [0, 0.1) is 6.92 Å². The monoisotopic (exact) mass is 385 g/mol. The maximum Gasteiger partial charge on any atom is 0.257 e. The molecule has 0 bridgehead atoms. The summed E-state index contributed by atoms with van der Waals surface area (Å²) >= 11 is 0. The van der Waals surface area contributed by atoms with Gasteiger partial charge in [0, 0.05) is 23.2 Å². The molecular weight excluding hydrogens is 366 g/mol. The van der Waals surface area contributed by atoms with Crippen molar-refractivity contribution in [1.29, 1.82) is 0 Å². The Balaban J connectivity index is 1.42. The molecule has 0 spiro atoms. The molecule has 0 atom stereocenters. The lowest BCUT2D eigenvalue weighted by molar-refractivity contribution is 0.0951. The van der Waals surface area contributed by atoms with Gasteiger partial charge in [-0.2, -0.15) is 4.98 Å². The number of aromatic nitrogens is 2. The predicted molar refractivity (Wildman–Crippen MR) is 109 cm³/mol. The maximum atomic E-state index is 12.5. The van der Waals surface area contributed by atoms with Crippen molar-refractivity contribution in [3.63, 3.8) is 0 Å². The third-order valence-electron chi connectivity index (χ3n) is 4.30. The van der Waals surface area contributed by atoms with E-state index in [9.17, 15) is 4.79 Å². The van der Waals surface area contributed by atoms with E-state index < -0.39 is 0 Å². The second-order valence-corrected chi connectivity index (χ2v) is 6.43. The van der Waals surface area contributed by atoms with Crippen molar-refractivity contribution < 1.29 is 14.1 Å². The number of ether oxygens (including phenoxy) is 1. The summed E-state index contributed by atoms with van der Waals surface area (Å²) in [6, 6.07) is 24.2. The first-order chi connectivity index (χ1) is 14.2. The molecule has 0 aliphatic heterocycles.